The summed E-state index contributed by atoms with van der Waals surface area (Å²) in [5.74, 6) is -2.99. The molecule has 1 aromatic rings. The van der Waals surface area contributed by atoms with Gasteiger partial charge in [0.1, 0.15) is 11.6 Å². The van der Waals surface area contributed by atoms with Gasteiger partial charge in [-0.1, -0.05) is 12.1 Å². The second-order valence-corrected chi connectivity index (χ2v) is 4.10. The van der Waals surface area contributed by atoms with Crippen molar-refractivity contribution in [3.05, 3.63) is 59.3 Å². The van der Waals surface area contributed by atoms with Crippen LogP contribution in [0.2, 0.25) is 0 Å². The van der Waals surface area contributed by atoms with Crippen molar-refractivity contribution in [2.75, 3.05) is 7.11 Å². The lowest BCUT2D eigenvalue weighted by Gasteiger charge is -2.00. The van der Waals surface area contributed by atoms with E-state index in [4.69, 9.17) is 5.73 Å². The van der Waals surface area contributed by atoms with E-state index in [1.165, 1.54) is 18.3 Å². The Hall–Kier alpha value is -2.96. The molecular formula is C15H15FN2O4. The van der Waals surface area contributed by atoms with Crippen molar-refractivity contribution in [1.29, 1.82) is 0 Å². The van der Waals surface area contributed by atoms with Gasteiger partial charge in [-0.15, -0.1) is 0 Å². The van der Waals surface area contributed by atoms with Crippen molar-refractivity contribution in [3.63, 3.8) is 0 Å². The van der Waals surface area contributed by atoms with E-state index in [9.17, 15) is 19.1 Å². The van der Waals surface area contributed by atoms with E-state index < -0.39 is 17.5 Å². The summed E-state index contributed by atoms with van der Waals surface area (Å²) in [5.41, 5.74) is 6.13. The van der Waals surface area contributed by atoms with Gasteiger partial charge in [-0.05, 0) is 17.7 Å². The standard InChI is InChI=1S/C15H15FN2O4/c1-22-15(21)14(20)6-13(19)11(7-17)9-18-8-10-2-4-12(16)5-3-10/h2-7,9,19H,8,17H2,1H3. The maximum absolute atomic E-state index is 12.7. The highest BCUT2D eigenvalue weighted by Gasteiger charge is 2.13. The quantitative estimate of drug-likeness (QED) is 0.207. The lowest BCUT2D eigenvalue weighted by molar-refractivity contribution is -0.149. The van der Waals surface area contributed by atoms with Crippen LogP contribution in [0.5, 0.6) is 0 Å². The van der Waals surface area contributed by atoms with Gasteiger partial charge >= 0.3 is 5.97 Å². The summed E-state index contributed by atoms with van der Waals surface area (Å²) < 4.78 is 17.0. The first kappa shape index (κ1) is 17.1. The third kappa shape index (κ3) is 5.20. The molecule has 0 saturated heterocycles. The van der Waals surface area contributed by atoms with Gasteiger partial charge in [0, 0.05) is 24.1 Å². The first-order valence-electron chi connectivity index (χ1n) is 6.17. The summed E-state index contributed by atoms with van der Waals surface area (Å²) in [5, 5.41) is 9.70. The molecule has 3 N–H and O–H groups in total. The molecule has 1 rings (SSSR count). The van der Waals surface area contributed by atoms with Crippen LogP contribution in [0.1, 0.15) is 5.56 Å². The van der Waals surface area contributed by atoms with Crippen molar-refractivity contribution < 1.29 is 23.8 Å². The Labute approximate surface area is 126 Å². The first-order chi connectivity index (χ1) is 10.5. The minimum atomic E-state index is -1.11. The number of methoxy groups -OCH3 is 1. The summed E-state index contributed by atoms with van der Waals surface area (Å²) >= 11 is 0. The average molecular weight is 306 g/mol. The fourth-order valence-electron chi connectivity index (χ4n) is 1.40. The summed E-state index contributed by atoms with van der Waals surface area (Å²) in [7, 11) is 1.05. The number of nitrogens with zero attached hydrogens (tertiary/aromatic N) is 1. The first-order valence-corrected chi connectivity index (χ1v) is 6.17. The number of aliphatic hydroxyl groups is 1. The van der Waals surface area contributed by atoms with Gasteiger partial charge < -0.3 is 15.6 Å². The molecule has 0 unspecified atom stereocenters. The van der Waals surface area contributed by atoms with Crippen molar-refractivity contribution >= 4 is 18.0 Å². The molecule has 0 aliphatic rings. The molecule has 0 radical (unpaired) electrons. The molecular weight excluding hydrogens is 291 g/mol. The predicted molar refractivity (Wildman–Crippen MR) is 78.6 cm³/mol. The number of halogens is 1. The van der Waals surface area contributed by atoms with E-state index in [-0.39, 0.29) is 17.9 Å². The minimum Gasteiger partial charge on any atom is -0.507 e. The number of benzene rings is 1. The molecule has 0 bridgehead atoms. The fraction of sp³-hybridized carbons (Fsp3) is 0.133. The van der Waals surface area contributed by atoms with Crippen LogP contribution in [0.4, 0.5) is 4.39 Å². The SMILES string of the molecule is COC(=O)C(=O)C=C(O)C(C=NCc1ccc(F)cc1)=CN. The Kier molecular flexibility index (Phi) is 6.49. The lowest BCUT2D eigenvalue weighted by atomic mass is 10.2. The van der Waals surface area contributed by atoms with Crippen LogP contribution in [0.25, 0.3) is 0 Å². The van der Waals surface area contributed by atoms with Crippen LogP contribution in [0.3, 0.4) is 0 Å². The molecule has 116 valence electrons. The number of rotatable bonds is 6. The highest BCUT2D eigenvalue weighted by molar-refractivity contribution is 6.38. The van der Waals surface area contributed by atoms with Gasteiger partial charge in [-0.3, -0.25) is 9.79 Å². The number of nitrogens with two attached hydrogens (primary N) is 1. The Morgan fingerprint density at radius 2 is 2.00 bits per heavy atom. The maximum atomic E-state index is 12.7. The minimum absolute atomic E-state index is 0.0550. The number of carbonyl (C=O) groups excluding carboxylic acids is 2. The van der Waals surface area contributed by atoms with E-state index >= 15 is 0 Å². The molecule has 22 heavy (non-hydrogen) atoms. The second-order valence-electron chi connectivity index (χ2n) is 4.10. The fourth-order valence-corrected chi connectivity index (χ4v) is 1.40. The van der Waals surface area contributed by atoms with E-state index in [2.05, 4.69) is 9.73 Å². The third-order valence-corrected chi connectivity index (χ3v) is 2.55. The molecule has 0 heterocycles. The zero-order valence-electron chi connectivity index (χ0n) is 11.8. The Balaban J connectivity index is 2.74. The van der Waals surface area contributed by atoms with E-state index in [1.54, 1.807) is 12.1 Å². The normalized spacial score (nSPS) is 12.5. The summed E-state index contributed by atoms with van der Waals surface area (Å²) in [6.45, 7) is 0.232. The van der Waals surface area contributed by atoms with Gasteiger partial charge in [-0.25, -0.2) is 9.18 Å². The Morgan fingerprint density at radius 1 is 1.36 bits per heavy atom. The molecule has 0 aliphatic carbocycles. The second kappa shape index (κ2) is 8.35. The highest BCUT2D eigenvalue weighted by Crippen LogP contribution is 2.06. The molecule has 6 nitrogen and oxygen atoms in total. The van der Waals surface area contributed by atoms with Crippen LogP contribution in [0.15, 0.2) is 52.9 Å². The molecule has 0 atom stereocenters. The van der Waals surface area contributed by atoms with E-state index in [0.29, 0.717) is 6.08 Å². The van der Waals surface area contributed by atoms with Crippen LogP contribution < -0.4 is 5.73 Å². The van der Waals surface area contributed by atoms with Crippen LogP contribution >= 0.6 is 0 Å². The van der Waals surface area contributed by atoms with E-state index in [1.807, 2.05) is 0 Å². The zero-order chi connectivity index (χ0) is 16.5. The zero-order valence-corrected chi connectivity index (χ0v) is 11.8. The molecule has 0 amide bonds. The average Bonchev–Trinajstić information content (AvgIpc) is 2.52. The summed E-state index contributed by atoms with van der Waals surface area (Å²) in [6.07, 6.45) is 2.96. The van der Waals surface area contributed by atoms with Gasteiger partial charge in [0.05, 0.1) is 13.7 Å². The largest absolute Gasteiger partial charge is 0.507 e. The Bertz CT molecular complexity index is 633. The number of ketones is 1. The maximum Gasteiger partial charge on any atom is 0.378 e. The number of allylic oxidation sites excluding steroid dienone is 1. The lowest BCUT2D eigenvalue weighted by Crippen LogP contribution is -2.13. The third-order valence-electron chi connectivity index (χ3n) is 2.55. The number of carbonyl (C=O) groups is 2. The molecule has 0 fully saturated rings. The topological polar surface area (TPSA) is 102 Å². The molecule has 0 saturated carbocycles. The molecule has 7 heteroatoms. The number of aliphatic hydroxyl groups excluding tert-OH is 1. The van der Waals surface area contributed by atoms with E-state index in [0.717, 1.165) is 18.9 Å². The van der Waals surface area contributed by atoms with Crippen LogP contribution in [-0.2, 0) is 20.9 Å². The molecule has 0 spiro atoms. The number of hydrogen-bond donors (Lipinski definition) is 2. The van der Waals surface area contributed by atoms with Gasteiger partial charge in [0.25, 0.3) is 5.78 Å². The molecule has 0 aliphatic heterocycles. The van der Waals surface area contributed by atoms with Gasteiger partial charge in [0.15, 0.2) is 0 Å². The van der Waals surface area contributed by atoms with Crippen molar-refractivity contribution in [2.24, 2.45) is 10.7 Å². The monoisotopic (exact) mass is 306 g/mol. The van der Waals surface area contributed by atoms with Crippen LogP contribution in [0, 0.1) is 5.82 Å². The number of hydrogen-bond acceptors (Lipinski definition) is 6. The number of esters is 1. The van der Waals surface area contributed by atoms with Crippen molar-refractivity contribution in [2.45, 2.75) is 6.54 Å². The molecule has 1 aromatic carbocycles. The number of aliphatic imine (C=N–C) groups is 1. The highest BCUT2D eigenvalue weighted by atomic mass is 19.1. The smallest absolute Gasteiger partial charge is 0.378 e. The van der Waals surface area contributed by atoms with Crippen LogP contribution in [-0.4, -0.2) is 30.2 Å². The molecule has 0 aromatic heterocycles. The van der Waals surface area contributed by atoms with Gasteiger partial charge in [-0.2, -0.15) is 0 Å². The number of ether oxygens (including phenoxy) is 1. The Morgan fingerprint density at radius 3 is 2.55 bits per heavy atom. The summed E-state index contributed by atoms with van der Waals surface area (Å²) in [6, 6.07) is 5.73. The summed E-state index contributed by atoms with van der Waals surface area (Å²) in [4.78, 5) is 26.2. The van der Waals surface area contributed by atoms with Crippen molar-refractivity contribution in [3.8, 4) is 0 Å². The van der Waals surface area contributed by atoms with Crippen molar-refractivity contribution in [1.82, 2.24) is 0 Å². The van der Waals surface area contributed by atoms with Gasteiger partial charge in [0.2, 0.25) is 0 Å². The predicted octanol–water partition coefficient (Wildman–Crippen LogP) is 1.42.